The molecule has 1 aromatic carbocycles. The van der Waals surface area contributed by atoms with Gasteiger partial charge in [-0.1, -0.05) is 48.1 Å². The maximum Gasteiger partial charge on any atom is 0.0514 e. The molecule has 0 radical (unpaired) electrons. The first-order valence-electron chi connectivity index (χ1n) is 5.45. The standard InChI is InChI=1S/C14H17N/c1-11-7-9-13(10-8-11)14(15)12-5-3-2-4-6-12/h2-3,5,7-10,14H,4,6,15H2,1H3. The molecule has 2 rings (SSSR count). The van der Waals surface area contributed by atoms with Crippen LogP contribution in [-0.2, 0) is 0 Å². The zero-order valence-corrected chi connectivity index (χ0v) is 9.11. The number of nitrogens with two attached hydrogens (primary N) is 1. The lowest BCUT2D eigenvalue weighted by Crippen LogP contribution is -2.13. The zero-order chi connectivity index (χ0) is 10.7. The second-order valence-electron chi connectivity index (χ2n) is 4.10. The highest BCUT2D eigenvalue weighted by Crippen LogP contribution is 2.25. The van der Waals surface area contributed by atoms with Gasteiger partial charge in [0.25, 0.3) is 0 Å². The van der Waals surface area contributed by atoms with Crippen molar-refractivity contribution in [1.82, 2.24) is 0 Å². The van der Waals surface area contributed by atoms with E-state index in [0.29, 0.717) is 0 Å². The number of hydrogen-bond acceptors (Lipinski definition) is 1. The van der Waals surface area contributed by atoms with Gasteiger partial charge in [0.1, 0.15) is 0 Å². The quantitative estimate of drug-likeness (QED) is 0.777. The van der Waals surface area contributed by atoms with Gasteiger partial charge in [-0.3, -0.25) is 0 Å². The summed E-state index contributed by atoms with van der Waals surface area (Å²) >= 11 is 0. The molecule has 1 nitrogen and oxygen atoms in total. The van der Waals surface area contributed by atoms with Gasteiger partial charge in [-0.2, -0.15) is 0 Å². The average molecular weight is 199 g/mol. The lowest BCUT2D eigenvalue weighted by molar-refractivity contribution is 0.769. The lowest BCUT2D eigenvalue weighted by atomic mass is 9.93. The Balaban J connectivity index is 2.20. The van der Waals surface area contributed by atoms with E-state index in [-0.39, 0.29) is 6.04 Å². The number of rotatable bonds is 2. The maximum atomic E-state index is 6.22. The smallest absolute Gasteiger partial charge is 0.0514 e. The van der Waals surface area contributed by atoms with Crippen molar-refractivity contribution in [3.8, 4) is 0 Å². The van der Waals surface area contributed by atoms with Crippen LogP contribution in [-0.4, -0.2) is 0 Å². The lowest BCUT2D eigenvalue weighted by Gasteiger charge is -2.17. The normalized spacial score (nSPS) is 17.3. The van der Waals surface area contributed by atoms with Crippen molar-refractivity contribution in [3.63, 3.8) is 0 Å². The van der Waals surface area contributed by atoms with E-state index in [4.69, 9.17) is 5.73 Å². The minimum absolute atomic E-state index is 0.0653. The summed E-state index contributed by atoms with van der Waals surface area (Å²) < 4.78 is 0. The van der Waals surface area contributed by atoms with E-state index < -0.39 is 0 Å². The Hall–Kier alpha value is -1.34. The molecule has 1 heteroatoms. The first kappa shape index (κ1) is 10.2. The van der Waals surface area contributed by atoms with Gasteiger partial charge < -0.3 is 5.73 Å². The summed E-state index contributed by atoms with van der Waals surface area (Å²) in [5, 5.41) is 0. The highest BCUT2D eigenvalue weighted by atomic mass is 14.6. The van der Waals surface area contributed by atoms with E-state index in [1.54, 1.807) is 0 Å². The fraction of sp³-hybridized carbons (Fsp3) is 0.286. The summed E-state index contributed by atoms with van der Waals surface area (Å²) in [6, 6.07) is 8.55. The Morgan fingerprint density at radius 2 is 1.93 bits per heavy atom. The molecule has 1 aromatic rings. The van der Waals surface area contributed by atoms with Gasteiger partial charge in [-0.15, -0.1) is 0 Å². The Kier molecular flexibility index (Phi) is 3.02. The van der Waals surface area contributed by atoms with Crippen LogP contribution in [0.4, 0.5) is 0 Å². The van der Waals surface area contributed by atoms with Crippen LogP contribution in [0.5, 0.6) is 0 Å². The molecule has 78 valence electrons. The Morgan fingerprint density at radius 1 is 1.20 bits per heavy atom. The highest BCUT2D eigenvalue weighted by molar-refractivity contribution is 5.33. The van der Waals surface area contributed by atoms with Gasteiger partial charge in [0, 0.05) is 0 Å². The fourth-order valence-corrected chi connectivity index (χ4v) is 1.87. The number of allylic oxidation sites excluding steroid dienone is 3. The van der Waals surface area contributed by atoms with E-state index in [2.05, 4.69) is 49.4 Å². The first-order valence-corrected chi connectivity index (χ1v) is 5.45. The molecule has 0 fully saturated rings. The Labute approximate surface area is 91.3 Å². The molecule has 1 aliphatic rings. The molecular formula is C14H17N. The fourth-order valence-electron chi connectivity index (χ4n) is 1.87. The molecule has 1 aliphatic carbocycles. The van der Waals surface area contributed by atoms with E-state index in [0.717, 1.165) is 12.8 Å². The molecule has 2 N–H and O–H groups in total. The van der Waals surface area contributed by atoms with Crippen LogP contribution >= 0.6 is 0 Å². The summed E-state index contributed by atoms with van der Waals surface area (Å²) in [6.45, 7) is 2.10. The third-order valence-electron chi connectivity index (χ3n) is 2.88. The van der Waals surface area contributed by atoms with E-state index in [1.165, 1.54) is 16.7 Å². The SMILES string of the molecule is Cc1ccc(C(N)C2=CC=CCC2)cc1. The first-order chi connectivity index (χ1) is 7.27. The molecule has 0 spiro atoms. The van der Waals surface area contributed by atoms with Crippen molar-refractivity contribution in [2.24, 2.45) is 5.73 Å². The molecule has 15 heavy (non-hydrogen) atoms. The molecule has 0 saturated heterocycles. The van der Waals surface area contributed by atoms with Gasteiger partial charge >= 0.3 is 0 Å². The summed E-state index contributed by atoms with van der Waals surface area (Å²) in [7, 11) is 0. The predicted octanol–water partition coefficient (Wildman–Crippen LogP) is 3.27. The summed E-state index contributed by atoms with van der Waals surface area (Å²) in [5.74, 6) is 0. The van der Waals surface area contributed by atoms with Crippen molar-refractivity contribution in [1.29, 1.82) is 0 Å². The summed E-state index contributed by atoms with van der Waals surface area (Å²) in [4.78, 5) is 0. The van der Waals surface area contributed by atoms with Crippen LogP contribution in [0.1, 0.15) is 30.0 Å². The third kappa shape index (κ3) is 2.37. The molecular weight excluding hydrogens is 182 g/mol. The van der Waals surface area contributed by atoms with Crippen molar-refractivity contribution < 1.29 is 0 Å². The molecule has 1 atom stereocenters. The second-order valence-corrected chi connectivity index (χ2v) is 4.10. The monoisotopic (exact) mass is 199 g/mol. The number of benzene rings is 1. The van der Waals surface area contributed by atoms with Crippen LogP contribution in [0.2, 0.25) is 0 Å². The van der Waals surface area contributed by atoms with Gasteiger partial charge in [0.05, 0.1) is 6.04 Å². The van der Waals surface area contributed by atoms with Crippen LogP contribution in [0.3, 0.4) is 0 Å². The molecule has 1 unspecified atom stereocenters. The van der Waals surface area contributed by atoms with Crippen molar-refractivity contribution in [2.45, 2.75) is 25.8 Å². The molecule has 0 saturated carbocycles. The minimum atomic E-state index is 0.0653. The average Bonchev–Trinajstić information content (AvgIpc) is 2.30. The maximum absolute atomic E-state index is 6.22. The van der Waals surface area contributed by atoms with Gasteiger partial charge in [-0.05, 0) is 30.9 Å². The molecule has 0 heterocycles. The van der Waals surface area contributed by atoms with Crippen molar-refractivity contribution in [2.75, 3.05) is 0 Å². The topological polar surface area (TPSA) is 26.0 Å². The third-order valence-corrected chi connectivity index (χ3v) is 2.88. The Morgan fingerprint density at radius 3 is 2.53 bits per heavy atom. The summed E-state index contributed by atoms with van der Waals surface area (Å²) in [6.07, 6.45) is 8.64. The zero-order valence-electron chi connectivity index (χ0n) is 9.11. The van der Waals surface area contributed by atoms with Crippen LogP contribution in [0.25, 0.3) is 0 Å². The number of aryl methyl sites for hydroxylation is 1. The van der Waals surface area contributed by atoms with Crippen LogP contribution < -0.4 is 5.73 Å². The van der Waals surface area contributed by atoms with Crippen LogP contribution in [0, 0.1) is 6.92 Å². The minimum Gasteiger partial charge on any atom is -0.321 e. The molecule has 0 aliphatic heterocycles. The molecule has 0 amide bonds. The molecule has 0 bridgehead atoms. The van der Waals surface area contributed by atoms with Crippen molar-refractivity contribution >= 4 is 0 Å². The van der Waals surface area contributed by atoms with Gasteiger partial charge in [-0.25, -0.2) is 0 Å². The number of hydrogen-bond donors (Lipinski definition) is 1. The van der Waals surface area contributed by atoms with Crippen molar-refractivity contribution in [3.05, 3.63) is 59.2 Å². The van der Waals surface area contributed by atoms with Crippen LogP contribution in [0.15, 0.2) is 48.1 Å². The van der Waals surface area contributed by atoms with E-state index in [9.17, 15) is 0 Å². The van der Waals surface area contributed by atoms with Gasteiger partial charge in [0.15, 0.2) is 0 Å². The predicted molar refractivity (Wildman–Crippen MR) is 64.6 cm³/mol. The largest absolute Gasteiger partial charge is 0.321 e. The van der Waals surface area contributed by atoms with E-state index >= 15 is 0 Å². The van der Waals surface area contributed by atoms with E-state index in [1.807, 2.05) is 0 Å². The Bertz CT molecular complexity index is 384. The second kappa shape index (κ2) is 4.45. The molecule has 0 aromatic heterocycles. The highest BCUT2D eigenvalue weighted by Gasteiger charge is 2.11. The van der Waals surface area contributed by atoms with Gasteiger partial charge in [0.2, 0.25) is 0 Å². The summed E-state index contributed by atoms with van der Waals surface area (Å²) in [5.41, 5.74) is 10.0.